The zero-order valence-electron chi connectivity index (χ0n) is 16.0. The molecule has 0 bridgehead atoms. The van der Waals surface area contributed by atoms with Crippen molar-refractivity contribution in [1.29, 1.82) is 0 Å². The van der Waals surface area contributed by atoms with Crippen molar-refractivity contribution in [3.63, 3.8) is 0 Å². The fourth-order valence-corrected chi connectivity index (χ4v) is 4.29. The maximum Gasteiger partial charge on any atom is 0.233 e. The maximum absolute atomic E-state index is 12.1. The largest absolute Gasteiger partial charge is 0.444 e. The van der Waals surface area contributed by atoms with Crippen molar-refractivity contribution in [2.75, 3.05) is 24.7 Å². The molecule has 0 aliphatic rings. The van der Waals surface area contributed by atoms with E-state index in [1.807, 2.05) is 32.0 Å². The van der Waals surface area contributed by atoms with Crippen LogP contribution in [0.4, 0.5) is 0 Å². The van der Waals surface area contributed by atoms with Gasteiger partial charge in [-0.1, -0.05) is 47.3 Å². The standard InChI is InChI=1S/C18H21ClN6O2S2/c1-3-24(4-2)15(26)11-29-18-23-22-17(25(18)20)28-10-12-9-27-16(21-12)13-7-5-6-8-14(13)19/h5-9H,3-4,10-11,20H2,1-2H3. The number of oxazole rings is 1. The van der Waals surface area contributed by atoms with Crippen LogP contribution in [0.2, 0.25) is 5.02 Å². The first-order valence-corrected chi connectivity index (χ1v) is 11.3. The number of carbonyl (C=O) groups is 1. The van der Waals surface area contributed by atoms with Gasteiger partial charge in [0.2, 0.25) is 22.1 Å². The van der Waals surface area contributed by atoms with Gasteiger partial charge in [0.15, 0.2) is 0 Å². The van der Waals surface area contributed by atoms with E-state index < -0.39 is 0 Å². The molecule has 2 N–H and O–H groups in total. The third-order valence-electron chi connectivity index (χ3n) is 4.08. The Morgan fingerprint density at radius 3 is 2.59 bits per heavy atom. The summed E-state index contributed by atoms with van der Waals surface area (Å²) in [6.07, 6.45) is 1.58. The molecule has 11 heteroatoms. The molecule has 0 atom stereocenters. The lowest BCUT2D eigenvalue weighted by Gasteiger charge is -2.17. The van der Waals surface area contributed by atoms with Crippen molar-refractivity contribution >= 4 is 41.0 Å². The minimum atomic E-state index is 0.0481. The highest BCUT2D eigenvalue weighted by molar-refractivity contribution is 8.00. The monoisotopic (exact) mass is 452 g/mol. The molecule has 0 saturated carbocycles. The van der Waals surface area contributed by atoms with Crippen LogP contribution in [0.15, 0.2) is 45.3 Å². The number of nitrogens with two attached hydrogens (primary N) is 1. The van der Waals surface area contributed by atoms with Gasteiger partial charge in [-0.3, -0.25) is 4.79 Å². The van der Waals surface area contributed by atoms with E-state index in [0.29, 0.717) is 40.1 Å². The van der Waals surface area contributed by atoms with Gasteiger partial charge in [-0.25, -0.2) is 9.66 Å². The van der Waals surface area contributed by atoms with E-state index in [9.17, 15) is 4.79 Å². The fraction of sp³-hybridized carbons (Fsp3) is 0.333. The Balaban J connectivity index is 1.58. The number of hydrogen-bond donors (Lipinski definition) is 1. The normalized spacial score (nSPS) is 11.0. The van der Waals surface area contributed by atoms with Gasteiger partial charge in [-0.15, -0.1) is 10.2 Å². The zero-order chi connectivity index (χ0) is 20.8. The SMILES string of the molecule is CCN(CC)C(=O)CSc1nnc(SCc2coc(-c3ccccc3Cl)n2)n1N. The molecule has 0 radical (unpaired) electrons. The number of rotatable bonds is 9. The summed E-state index contributed by atoms with van der Waals surface area (Å²) >= 11 is 8.84. The molecule has 8 nitrogen and oxygen atoms in total. The van der Waals surface area contributed by atoms with Crippen LogP contribution < -0.4 is 5.84 Å². The van der Waals surface area contributed by atoms with E-state index in [4.69, 9.17) is 21.9 Å². The van der Waals surface area contributed by atoms with E-state index >= 15 is 0 Å². The van der Waals surface area contributed by atoms with Gasteiger partial charge >= 0.3 is 0 Å². The Labute approximate surface area is 182 Å². The highest BCUT2D eigenvalue weighted by Crippen LogP contribution is 2.29. The Morgan fingerprint density at radius 2 is 1.90 bits per heavy atom. The molecule has 0 spiro atoms. The van der Waals surface area contributed by atoms with Crippen molar-refractivity contribution in [3.8, 4) is 11.5 Å². The number of nitrogen functional groups attached to an aromatic ring is 1. The number of carbonyl (C=O) groups excluding carboxylic acids is 1. The van der Waals surface area contributed by atoms with Crippen LogP contribution in [0.25, 0.3) is 11.5 Å². The van der Waals surface area contributed by atoms with Crippen LogP contribution in [0.3, 0.4) is 0 Å². The summed E-state index contributed by atoms with van der Waals surface area (Å²) in [5.74, 6) is 7.36. The molecule has 2 heterocycles. The van der Waals surface area contributed by atoms with Crippen LogP contribution >= 0.6 is 35.1 Å². The Morgan fingerprint density at radius 1 is 1.21 bits per heavy atom. The van der Waals surface area contributed by atoms with E-state index in [0.717, 1.165) is 11.3 Å². The molecule has 3 aromatic rings. The second-order valence-electron chi connectivity index (χ2n) is 5.90. The first-order chi connectivity index (χ1) is 14.0. The summed E-state index contributed by atoms with van der Waals surface area (Å²) in [5.41, 5.74) is 1.47. The van der Waals surface area contributed by atoms with Gasteiger partial charge in [0.1, 0.15) is 6.26 Å². The van der Waals surface area contributed by atoms with Gasteiger partial charge in [-0.2, -0.15) is 0 Å². The topological polar surface area (TPSA) is 103 Å². The average Bonchev–Trinajstić information content (AvgIpc) is 3.33. The first kappa shape index (κ1) is 21.5. The Hall–Kier alpha value is -2.17. The second-order valence-corrected chi connectivity index (χ2v) is 8.19. The summed E-state index contributed by atoms with van der Waals surface area (Å²) in [6, 6.07) is 7.37. The van der Waals surface area contributed by atoms with Crippen molar-refractivity contribution in [2.24, 2.45) is 0 Å². The maximum atomic E-state index is 12.1. The van der Waals surface area contributed by atoms with E-state index in [1.54, 1.807) is 17.2 Å². The van der Waals surface area contributed by atoms with Crippen LogP contribution in [-0.4, -0.2) is 49.5 Å². The molecule has 0 aliphatic heterocycles. The average molecular weight is 453 g/mol. The van der Waals surface area contributed by atoms with Crippen LogP contribution in [0.1, 0.15) is 19.5 Å². The van der Waals surface area contributed by atoms with Gasteiger partial charge in [0.05, 0.1) is 22.0 Å². The smallest absolute Gasteiger partial charge is 0.233 e. The zero-order valence-corrected chi connectivity index (χ0v) is 18.4. The van der Waals surface area contributed by atoms with Crippen molar-refractivity contribution < 1.29 is 9.21 Å². The minimum Gasteiger partial charge on any atom is -0.444 e. The molecule has 0 unspecified atom stereocenters. The number of benzene rings is 1. The van der Waals surface area contributed by atoms with Crippen LogP contribution in [0.5, 0.6) is 0 Å². The highest BCUT2D eigenvalue weighted by atomic mass is 35.5. The first-order valence-electron chi connectivity index (χ1n) is 8.96. The molecule has 0 saturated heterocycles. The van der Waals surface area contributed by atoms with Gasteiger partial charge in [-0.05, 0) is 26.0 Å². The summed E-state index contributed by atoms with van der Waals surface area (Å²) in [4.78, 5) is 18.4. The molecule has 0 aliphatic carbocycles. The second kappa shape index (κ2) is 10.0. The Kier molecular flexibility index (Phi) is 7.45. The fourth-order valence-electron chi connectivity index (χ4n) is 2.52. The third kappa shape index (κ3) is 5.26. The molecule has 0 fully saturated rings. The Bertz CT molecular complexity index is 973. The predicted molar refractivity (Wildman–Crippen MR) is 115 cm³/mol. The van der Waals surface area contributed by atoms with Gasteiger partial charge in [0.25, 0.3) is 0 Å². The highest BCUT2D eigenvalue weighted by Gasteiger charge is 2.16. The summed E-state index contributed by atoms with van der Waals surface area (Å²) in [6.45, 7) is 5.26. The predicted octanol–water partition coefficient (Wildman–Crippen LogP) is 3.55. The summed E-state index contributed by atoms with van der Waals surface area (Å²) in [7, 11) is 0. The lowest BCUT2D eigenvalue weighted by molar-refractivity contribution is -0.127. The van der Waals surface area contributed by atoms with Crippen molar-refractivity contribution in [3.05, 3.63) is 41.2 Å². The number of amides is 1. The van der Waals surface area contributed by atoms with E-state index in [-0.39, 0.29) is 11.7 Å². The molecule has 29 heavy (non-hydrogen) atoms. The van der Waals surface area contributed by atoms with E-state index in [2.05, 4.69) is 15.2 Å². The number of thioether (sulfide) groups is 2. The molecule has 1 amide bonds. The quantitative estimate of drug-likeness (QED) is 0.388. The number of nitrogens with zero attached hydrogens (tertiary/aromatic N) is 5. The van der Waals surface area contributed by atoms with Crippen molar-refractivity contribution in [2.45, 2.75) is 29.9 Å². The lowest BCUT2D eigenvalue weighted by Crippen LogP contribution is -2.32. The summed E-state index contributed by atoms with van der Waals surface area (Å²) in [5, 5.41) is 9.78. The van der Waals surface area contributed by atoms with E-state index in [1.165, 1.54) is 28.2 Å². The number of halogens is 1. The minimum absolute atomic E-state index is 0.0481. The number of hydrogen-bond acceptors (Lipinski definition) is 8. The van der Waals surface area contributed by atoms with Gasteiger partial charge in [0, 0.05) is 18.8 Å². The van der Waals surface area contributed by atoms with Gasteiger partial charge < -0.3 is 15.2 Å². The molecule has 3 rings (SSSR count). The molecule has 154 valence electrons. The third-order valence-corrected chi connectivity index (χ3v) is 6.31. The molecular formula is C18H21ClN6O2S2. The number of aromatic nitrogens is 4. The molecular weight excluding hydrogens is 432 g/mol. The molecule has 2 aromatic heterocycles. The molecule has 1 aromatic carbocycles. The van der Waals surface area contributed by atoms with Crippen LogP contribution in [0, 0.1) is 0 Å². The summed E-state index contributed by atoms with van der Waals surface area (Å²) < 4.78 is 6.92. The van der Waals surface area contributed by atoms with Crippen LogP contribution in [-0.2, 0) is 10.5 Å². The van der Waals surface area contributed by atoms with Crippen molar-refractivity contribution in [1.82, 2.24) is 24.8 Å². The lowest BCUT2D eigenvalue weighted by atomic mass is 10.2.